The fraction of sp³-hybridized carbons (Fsp3) is 0.143. The monoisotopic (exact) mass is 259 g/mol. The molecule has 1 aromatic carbocycles. The van der Waals surface area contributed by atoms with Gasteiger partial charge in [0.2, 0.25) is 0 Å². The molecule has 2 rings (SSSR count). The van der Waals surface area contributed by atoms with E-state index >= 15 is 0 Å². The van der Waals surface area contributed by atoms with Crippen molar-refractivity contribution in [3.05, 3.63) is 57.8 Å². The third-order valence-corrected chi connectivity index (χ3v) is 3.38. The van der Waals surface area contributed by atoms with Gasteiger partial charge in [-0.3, -0.25) is 0 Å². The summed E-state index contributed by atoms with van der Waals surface area (Å²) in [7, 11) is 0. The van der Waals surface area contributed by atoms with Gasteiger partial charge < -0.3 is 4.84 Å². The van der Waals surface area contributed by atoms with E-state index < -0.39 is 5.97 Å². The zero-order chi connectivity index (χ0) is 13.0. The quantitative estimate of drug-likeness (QED) is 0.479. The molecule has 0 atom stereocenters. The highest BCUT2D eigenvalue weighted by atomic mass is 32.1. The number of oxime groups is 1. The molecule has 0 amide bonds. The summed E-state index contributed by atoms with van der Waals surface area (Å²) < 4.78 is 0. The van der Waals surface area contributed by atoms with Crippen molar-refractivity contribution >= 4 is 23.0 Å². The van der Waals surface area contributed by atoms with E-state index in [1.807, 2.05) is 43.5 Å². The summed E-state index contributed by atoms with van der Waals surface area (Å²) >= 11 is 1.56. The number of hydrogen-bond acceptors (Lipinski definition) is 4. The highest BCUT2D eigenvalue weighted by Crippen LogP contribution is 2.11. The van der Waals surface area contributed by atoms with Gasteiger partial charge in [0.05, 0.1) is 16.2 Å². The fourth-order valence-electron chi connectivity index (χ4n) is 1.46. The second-order valence-corrected chi connectivity index (χ2v) is 4.85. The van der Waals surface area contributed by atoms with Gasteiger partial charge in [0, 0.05) is 0 Å². The molecule has 4 heteroatoms. The predicted molar refractivity (Wildman–Crippen MR) is 73.1 cm³/mol. The minimum Gasteiger partial charge on any atom is -0.313 e. The molecule has 0 aliphatic carbocycles. The molecule has 0 saturated heterocycles. The summed E-state index contributed by atoms with van der Waals surface area (Å²) in [6.07, 6.45) is 0. The van der Waals surface area contributed by atoms with Gasteiger partial charge in [-0.1, -0.05) is 28.9 Å². The van der Waals surface area contributed by atoms with Crippen molar-refractivity contribution in [3.63, 3.8) is 0 Å². The first-order chi connectivity index (χ1) is 8.66. The average Bonchev–Trinajstić information content (AvgIpc) is 2.89. The molecule has 0 aliphatic heterocycles. The van der Waals surface area contributed by atoms with E-state index in [-0.39, 0.29) is 0 Å². The Morgan fingerprint density at radius 3 is 2.78 bits per heavy atom. The number of rotatable bonds is 3. The molecule has 3 nitrogen and oxygen atoms in total. The van der Waals surface area contributed by atoms with E-state index in [9.17, 15) is 4.79 Å². The summed E-state index contributed by atoms with van der Waals surface area (Å²) in [4.78, 5) is 17.7. The lowest BCUT2D eigenvalue weighted by Gasteiger charge is -2.00. The van der Waals surface area contributed by atoms with Gasteiger partial charge in [0.1, 0.15) is 0 Å². The molecule has 92 valence electrons. The van der Waals surface area contributed by atoms with Crippen LogP contribution in [0.15, 0.2) is 46.9 Å². The fourth-order valence-corrected chi connectivity index (χ4v) is 2.13. The first-order valence-corrected chi connectivity index (χ1v) is 6.41. The topological polar surface area (TPSA) is 38.7 Å². The standard InChI is InChI=1S/C14H13NO2S/c1-10-5-3-6-12(9-10)14(16)17-15-11(2)13-7-4-8-18-13/h3-9H,1-2H3/b15-11+. The van der Waals surface area contributed by atoms with Crippen LogP contribution in [-0.4, -0.2) is 11.7 Å². The van der Waals surface area contributed by atoms with E-state index in [1.165, 1.54) is 0 Å². The van der Waals surface area contributed by atoms with Crippen LogP contribution in [0.3, 0.4) is 0 Å². The molecular formula is C14H13NO2S. The van der Waals surface area contributed by atoms with Crippen molar-refractivity contribution in [2.75, 3.05) is 0 Å². The minimum absolute atomic E-state index is 0.436. The lowest BCUT2D eigenvalue weighted by molar-refractivity contribution is 0.0516. The van der Waals surface area contributed by atoms with E-state index in [1.54, 1.807) is 23.5 Å². The number of thiophene rings is 1. The minimum atomic E-state index is -0.436. The van der Waals surface area contributed by atoms with Crippen LogP contribution in [0, 0.1) is 6.92 Å². The van der Waals surface area contributed by atoms with E-state index in [0.29, 0.717) is 11.3 Å². The van der Waals surface area contributed by atoms with Crippen LogP contribution in [0.1, 0.15) is 27.7 Å². The first-order valence-electron chi connectivity index (χ1n) is 5.53. The van der Waals surface area contributed by atoms with Crippen LogP contribution in [0.5, 0.6) is 0 Å². The van der Waals surface area contributed by atoms with Crippen molar-refractivity contribution in [1.29, 1.82) is 0 Å². The van der Waals surface area contributed by atoms with Crippen LogP contribution in [0.4, 0.5) is 0 Å². The second-order valence-electron chi connectivity index (χ2n) is 3.90. The summed E-state index contributed by atoms with van der Waals surface area (Å²) in [5, 5.41) is 5.81. The number of benzene rings is 1. The third-order valence-electron chi connectivity index (χ3n) is 2.40. The van der Waals surface area contributed by atoms with E-state index in [4.69, 9.17) is 4.84 Å². The SMILES string of the molecule is C/C(=N\OC(=O)c1cccc(C)c1)c1cccs1. The maximum absolute atomic E-state index is 11.7. The number of hydrogen-bond donors (Lipinski definition) is 0. The molecule has 1 heterocycles. The Bertz CT molecular complexity index is 573. The molecule has 0 fully saturated rings. The Balaban J connectivity index is 2.07. The molecule has 0 radical (unpaired) electrons. The molecule has 0 saturated carbocycles. The van der Waals surface area contributed by atoms with Crippen molar-refractivity contribution in [2.45, 2.75) is 13.8 Å². The highest BCUT2D eigenvalue weighted by molar-refractivity contribution is 7.12. The van der Waals surface area contributed by atoms with Gasteiger partial charge in [-0.15, -0.1) is 11.3 Å². The van der Waals surface area contributed by atoms with Gasteiger partial charge in [0.25, 0.3) is 0 Å². The Labute approximate surface area is 110 Å². The van der Waals surface area contributed by atoms with Crippen molar-refractivity contribution in [1.82, 2.24) is 0 Å². The molecule has 0 bridgehead atoms. The van der Waals surface area contributed by atoms with Crippen LogP contribution < -0.4 is 0 Å². The molecule has 18 heavy (non-hydrogen) atoms. The number of carbonyl (C=O) groups is 1. The summed E-state index contributed by atoms with van der Waals surface area (Å²) in [5.74, 6) is -0.436. The highest BCUT2D eigenvalue weighted by Gasteiger charge is 2.07. The number of aryl methyl sites for hydroxylation is 1. The molecular weight excluding hydrogens is 246 g/mol. The third kappa shape index (κ3) is 3.05. The maximum Gasteiger partial charge on any atom is 0.365 e. The summed E-state index contributed by atoms with van der Waals surface area (Å²) in [6.45, 7) is 3.74. The largest absolute Gasteiger partial charge is 0.365 e. The predicted octanol–water partition coefficient (Wildman–Crippen LogP) is 3.64. The van der Waals surface area contributed by atoms with Crippen molar-refractivity contribution < 1.29 is 9.63 Å². The Morgan fingerprint density at radius 2 is 2.11 bits per heavy atom. The first kappa shape index (κ1) is 12.5. The van der Waals surface area contributed by atoms with Gasteiger partial charge in [-0.05, 0) is 37.4 Å². The molecule has 0 unspecified atom stereocenters. The molecule has 0 aliphatic rings. The van der Waals surface area contributed by atoms with Gasteiger partial charge in [0.15, 0.2) is 0 Å². The zero-order valence-corrected chi connectivity index (χ0v) is 11.0. The normalized spacial score (nSPS) is 11.3. The van der Waals surface area contributed by atoms with Gasteiger partial charge in [-0.25, -0.2) is 4.79 Å². The van der Waals surface area contributed by atoms with E-state index in [2.05, 4.69) is 5.16 Å². The number of nitrogens with zero attached hydrogens (tertiary/aromatic N) is 1. The Kier molecular flexibility index (Phi) is 3.89. The van der Waals surface area contributed by atoms with E-state index in [0.717, 1.165) is 10.4 Å². The molecule has 2 aromatic rings. The smallest absolute Gasteiger partial charge is 0.313 e. The Morgan fingerprint density at radius 1 is 1.28 bits per heavy atom. The summed E-state index contributed by atoms with van der Waals surface area (Å²) in [6, 6.07) is 11.1. The van der Waals surface area contributed by atoms with Crippen molar-refractivity contribution in [3.8, 4) is 0 Å². The lowest BCUT2D eigenvalue weighted by Crippen LogP contribution is -2.03. The molecule has 1 aromatic heterocycles. The number of carbonyl (C=O) groups excluding carboxylic acids is 1. The van der Waals surface area contributed by atoms with Crippen LogP contribution in [0.2, 0.25) is 0 Å². The zero-order valence-electron chi connectivity index (χ0n) is 10.2. The van der Waals surface area contributed by atoms with Crippen LogP contribution in [-0.2, 0) is 4.84 Å². The summed E-state index contributed by atoms with van der Waals surface area (Å²) in [5.41, 5.74) is 2.23. The van der Waals surface area contributed by atoms with Crippen molar-refractivity contribution in [2.24, 2.45) is 5.16 Å². The van der Waals surface area contributed by atoms with Gasteiger partial charge >= 0.3 is 5.97 Å². The maximum atomic E-state index is 11.7. The molecule has 0 N–H and O–H groups in total. The van der Waals surface area contributed by atoms with Crippen LogP contribution >= 0.6 is 11.3 Å². The van der Waals surface area contributed by atoms with Crippen LogP contribution in [0.25, 0.3) is 0 Å². The van der Waals surface area contributed by atoms with Gasteiger partial charge in [-0.2, -0.15) is 0 Å². The second kappa shape index (κ2) is 5.60. The molecule has 0 spiro atoms. The lowest BCUT2D eigenvalue weighted by atomic mass is 10.1. The Hall–Kier alpha value is -1.94. The average molecular weight is 259 g/mol.